The molecule has 22 heavy (non-hydrogen) atoms. The summed E-state index contributed by atoms with van der Waals surface area (Å²) in [6.07, 6.45) is 4.47. The second-order valence-electron chi connectivity index (χ2n) is 5.12. The summed E-state index contributed by atoms with van der Waals surface area (Å²) in [5.41, 5.74) is 1.66. The van der Waals surface area contributed by atoms with Crippen LogP contribution in [0.5, 0.6) is 11.5 Å². The van der Waals surface area contributed by atoms with E-state index in [1.807, 2.05) is 0 Å². The van der Waals surface area contributed by atoms with Gasteiger partial charge in [0, 0.05) is 10.4 Å². The first-order chi connectivity index (χ1) is 10.7. The maximum absolute atomic E-state index is 12.4. The molecule has 1 aromatic heterocycles. The molecule has 5 nitrogen and oxygen atoms in total. The molecule has 0 saturated carbocycles. The van der Waals surface area contributed by atoms with Crippen LogP contribution in [0.3, 0.4) is 0 Å². The molecule has 0 fully saturated rings. The first kappa shape index (κ1) is 14.8. The van der Waals surface area contributed by atoms with Gasteiger partial charge in [0.05, 0.1) is 19.9 Å². The number of aryl methyl sites for hydroxylation is 2. The summed E-state index contributed by atoms with van der Waals surface area (Å²) in [6.45, 7) is 0. The number of rotatable bonds is 4. The Morgan fingerprint density at radius 3 is 2.68 bits per heavy atom. The van der Waals surface area contributed by atoms with Crippen LogP contribution in [0, 0.1) is 0 Å². The number of methoxy groups -OCH3 is 2. The van der Waals surface area contributed by atoms with E-state index < -0.39 is 0 Å². The monoisotopic (exact) mass is 318 g/mol. The van der Waals surface area contributed by atoms with Crippen molar-refractivity contribution in [3.05, 3.63) is 34.3 Å². The van der Waals surface area contributed by atoms with Gasteiger partial charge in [0.15, 0.2) is 16.6 Å². The second kappa shape index (κ2) is 6.36. The Balaban J connectivity index is 1.78. The number of benzene rings is 1. The van der Waals surface area contributed by atoms with Crippen molar-refractivity contribution in [2.24, 2.45) is 0 Å². The van der Waals surface area contributed by atoms with Gasteiger partial charge in [0.2, 0.25) is 0 Å². The Kier molecular flexibility index (Phi) is 4.29. The van der Waals surface area contributed by atoms with Crippen molar-refractivity contribution >= 4 is 22.4 Å². The first-order valence-electron chi connectivity index (χ1n) is 7.23. The lowest BCUT2D eigenvalue weighted by atomic mass is 10.0. The molecule has 0 saturated heterocycles. The maximum Gasteiger partial charge on any atom is 0.257 e. The fourth-order valence-electron chi connectivity index (χ4n) is 2.55. The van der Waals surface area contributed by atoms with Gasteiger partial charge >= 0.3 is 0 Å². The molecule has 1 aliphatic rings. The summed E-state index contributed by atoms with van der Waals surface area (Å²) in [5, 5.41) is 3.55. The zero-order chi connectivity index (χ0) is 15.5. The molecule has 3 rings (SSSR count). The van der Waals surface area contributed by atoms with Crippen molar-refractivity contribution < 1.29 is 14.3 Å². The van der Waals surface area contributed by atoms with Gasteiger partial charge in [-0.2, -0.15) is 0 Å². The number of carbonyl (C=O) groups is 1. The Hall–Kier alpha value is -2.08. The van der Waals surface area contributed by atoms with Crippen LogP contribution < -0.4 is 14.8 Å². The molecule has 1 aromatic carbocycles. The number of thiazole rings is 1. The highest BCUT2D eigenvalue weighted by Crippen LogP contribution is 2.31. The van der Waals surface area contributed by atoms with E-state index in [9.17, 15) is 4.79 Å². The van der Waals surface area contributed by atoms with Crippen LogP contribution in [-0.2, 0) is 12.8 Å². The topological polar surface area (TPSA) is 60.5 Å². The third-order valence-corrected chi connectivity index (χ3v) is 4.78. The Labute approximate surface area is 133 Å². The SMILES string of the molecule is COc1ccc(C(=O)Nc2nc3c(s2)CCCC3)cc1OC. The van der Waals surface area contributed by atoms with Gasteiger partial charge in [0.25, 0.3) is 5.91 Å². The predicted molar refractivity (Wildman–Crippen MR) is 86.3 cm³/mol. The second-order valence-corrected chi connectivity index (χ2v) is 6.20. The molecular formula is C16H18N2O3S. The lowest BCUT2D eigenvalue weighted by Gasteiger charge is -2.09. The van der Waals surface area contributed by atoms with Crippen molar-refractivity contribution in [2.45, 2.75) is 25.7 Å². The van der Waals surface area contributed by atoms with Crippen LogP contribution in [-0.4, -0.2) is 25.1 Å². The van der Waals surface area contributed by atoms with Crippen LogP contribution in [0.1, 0.15) is 33.8 Å². The smallest absolute Gasteiger partial charge is 0.257 e. The van der Waals surface area contributed by atoms with Crippen LogP contribution >= 0.6 is 11.3 Å². The van der Waals surface area contributed by atoms with E-state index in [-0.39, 0.29) is 5.91 Å². The highest BCUT2D eigenvalue weighted by Gasteiger charge is 2.17. The summed E-state index contributed by atoms with van der Waals surface area (Å²) < 4.78 is 10.4. The number of hydrogen-bond acceptors (Lipinski definition) is 5. The molecule has 1 heterocycles. The number of ether oxygens (including phenoxy) is 2. The quantitative estimate of drug-likeness (QED) is 0.939. The molecule has 1 aliphatic carbocycles. The molecule has 0 atom stereocenters. The zero-order valence-electron chi connectivity index (χ0n) is 12.6. The number of amides is 1. The summed E-state index contributed by atoms with van der Waals surface area (Å²) in [5.74, 6) is 0.949. The average molecular weight is 318 g/mol. The third-order valence-electron chi connectivity index (χ3n) is 3.71. The highest BCUT2D eigenvalue weighted by molar-refractivity contribution is 7.15. The molecule has 116 valence electrons. The molecule has 0 aliphatic heterocycles. The minimum atomic E-state index is -0.188. The number of nitrogens with zero attached hydrogens (tertiary/aromatic N) is 1. The molecule has 1 N–H and O–H groups in total. The summed E-state index contributed by atoms with van der Waals surface area (Å²) in [7, 11) is 3.12. The van der Waals surface area contributed by atoms with Gasteiger partial charge in [-0.3, -0.25) is 10.1 Å². The van der Waals surface area contributed by atoms with Crippen LogP contribution in [0.25, 0.3) is 0 Å². The molecular weight excluding hydrogens is 300 g/mol. The Morgan fingerprint density at radius 2 is 1.95 bits per heavy atom. The van der Waals surface area contributed by atoms with E-state index in [2.05, 4.69) is 10.3 Å². The standard InChI is InChI=1S/C16H18N2O3S/c1-20-12-8-7-10(9-13(12)21-2)15(19)18-16-17-11-5-3-4-6-14(11)22-16/h7-9H,3-6H2,1-2H3,(H,17,18,19). The van der Waals surface area contributed by atoms with Crippen molar-refractivity contribution in [1.29, 1.82) is 0 Å². The number of carbonyl (C=O) groups excluding carboxylic acids is 1. The van der Waals surface area contributed by atoms with Gasteiger partial charge in [-0.1, -0.05) is 0 Å². The summed E-state index contributed by atoms with van der Waals surface area (Å²) in [4.78, 5) is 18.2. The Morgan fingerprint density at radius 1 is 1.18 bits per heavy atom. The lowest BCUT2D eigenvalue weighted by Crippen LogP contribution is -2.12. The van der Waals surface area contributed by atoms with Gasteiger partial charge in [-0.25, -0.2) is 4.98 Å². The largest absolute Gasteiger partial charge is 0.493 e. The van der Waals surface area contributed by atoms with Gasteiger partial charge in [0.1, 0.15) is 0 Å². The maximum atomic E-state index is 12.4. The van der Waals surface area contributed by atoms with Crippen molar-refractivity contribution in [1.82, 2.24) is 4.98 Å². The molecule has 6 heteroatoms. The Bertz CT molecular complexity index is 673. The number of nitrogens with one attached hydrogen (secondary N) is 1. The van der Waals surface area contributed by atoms with E-state index in [0.717, 1.165) is 18.5 Å². The number of anilines is 1. The van der Waals surface area contributed by atoms with E-state index in [1.54, 1.807) is 43.8 Å². The number of aromatic nitrogens is 1. The van der Waals surface area contributed by atoms with Crippen LogP contribution in [0.4, 0.5) is 5.13 Å². The number of hydrogen-bond donors (Lipinski definition) is 1. The van der Waals surface area contributed by atoms with Gasteiger partial charge in [-0.05, 0) is 43.9 Å². The summed E-state index contributed by atoms with van der Waals surface area (Å²) >= 11 is 1.58. The third kappa shape index (κ3) is 2.92. The van der Waals surface area contributed by atoms with E-state index in [4.69, 9.17) is 9.47 Å². The zero-order valence-corrected chi connectivity index (χ0v) is 13.5. The molecule has 0 bridgehead atoms. The molecule has 0 unspecified atom stereocenters. The predicted octanol–water partition coefficient (Wildman–Crippen LogP) is 3.29. The van der Waals surface area contributed by atoms with E-state index in [1.165, 1.54) is 17.7 Å². The molecule has 0 radical (unpaired) electrons. The normalized spacial score (nSPS) is 13.4. The summed E-state index contributed by atoms with van der Waals surface area (Å²) in [6, 6.07) is 5.10. The number of fused-ring (bicyclic) bond motifs is 1. The van der Waals surface area contributed by atoms with Crippen LogP contribution in [0.15, 0.2) is 18.2 Å². The fraction of sp³-hybridized carbons (Fsp3) is 0.375. The first-order valence-corrected chi connectivity index (χ1v) is 8.05. The van der Waals surface area contributed by atoms with E-state index >= 15 is 0 Å². The minimum Gasteiger partial charge on any atom is -0.493 e. The van der Waals surface area contributed by atoms with Gasteiger partial charge in [-0.15, -0.1) is 11.3 Å². The minimum absolute atomic E-state index is 0.188. The van der Waals surface area contributed by atoms with Crippen LogP contribution in [0.2, 0.25) is 0 Å². The van der Waals surface area contributed by atoms with Crippen molar-refractivity contribution in [3.63, 3.8) is 0 Å². The average Bonchev–Trinajstić information content (AvgIpc) is 2.96. The van der Waals surface area contributed by atoms with Gasteiger partial charge < -0.3 is 9.47 Å². The van der Waals surface area contributed by atoms with Crippen molar-refractivity contribution in [2.75, 3.05) is 19.5 Å². The highest BCUT2D eigenvalue weighted by atomic mass is 32.1. The van der Waals surface area contributed by atoms with Crippen molar-refractivity contribution in [3.8, 4) is 11.5 Å². The lowest BCUT2D eigenvalue weighted by molar-refractivity contribution is 0.102. The molecule has 1 amide bonds. The molecule has 2 aromatic rings. The fourth-order valence-corrected chi connectivity index (χ4v) is 3.60. The van der Waals surface area contributed by atoms with E-state index in [0.29, 0.717) is 22.2 Å². The molecule has 0 spiro atoms.